The van der Waals surface area contributed by atoms with E-state index in [1.807, 2.05) is 6.08 Å². The molecule has 0 aromatic carbocycles. The number of rotatable bonds is 10. The average Bonchev–Trinajstić information content (AvgIpc) is 2.33. The molecule has 0 heterocycles. The molecule has 0 aliphatic heterocycles. The van der Waals surface area contributed by atoms with Crippen LogP contribution in [0.5, 0.6) is 0 Å². The van der Waals surface area contributed by atoms with Crippen LogP contribution >= 0.6 is 0 Å². The van der Waals surface area contributed by atoms with Gasteiger partial charge in [0.2, 0.25) is 6.20 Å². The largest absolute Gasteiger partial charge is 0.595 e. The smallest absolute Gasteiger partial charge is 0.205 e. The highest BCUT2D eigenvalue weighted by Gasteiger charge is 2.17. The molecule has 0 amide bonds. The Labute approximate surface area is 110 Å². The molecule has 18 heavy (non-hydrogen) atoms. The Morgan fingerprint density at radius 2 is 2.11 bits per heavy atom. The Morgan fingerprint density at radius 1 is 1.39 bits per heavy atom. The first-order valence-electron chi connectivity index (χ1n) is 6.62. The van der Waals surface area contributed by atoms with Crippen molar-refractivity contribution in [1.29, 1.82) is 0 Å². The molecule has 0 unspecified atom stereocenters. The summed E-state index contributed by atoms with van der Waals surface area (Å²) in [6.07, 6.45) is 8.14. The molecule has 0 saturated heterocycles. The van der Waals surface area contributed by atoms with E-state index in [0.717, 1.165) is 12.8 Å². The minimum Gasteiger partial charge on any atom is -0.595 e. The SMILES string of the molecule is CCCCCC/C=C\[N+]([O-])=N\[C@@H](COC)[C@H](C)O. The van der Waals surface area contributed by atoms with Gasteiger partial charge in [0.15, 0.2) is 6.04 Å². The van der Waals surface area contributed by atoms with Gasteiger partial charge in [-0.15, -0.1) is 0 Å². The number of azo groups is 1. The molecule has 0 aliphatic rings. The van der Waals surface area contributed by atoms with Gasteiger partial charge in [0, 0.05) is 7.11 Å². The number of hydroxylamine groups is 1. The highest BCUT2D eigenvalue weighted by molar-refractivity contribution is 4.73. The minimum absolute atomic E-state index is 0.237. The van der Waals surface area contributed by atoms with E-state index in [1.54, 1.807) is 6.92 Å². The maximum Gasteiger partial charge on any atom is 0.205 e. The topological polar surface area (TPSA) is 67.9 Å². The quantitative estimate of drug-likeness (QED) is 0.283. The second-order valence-electron chi connectivity index (χ2n) is 4.42. The Balaban J connectivity index is 4.02. The van der Waals surface area contributed by atoms with Gasteiger partial charge in [-0.05, 0) is 31.0 Å². The van der Waals surface area contributed by atoms with Crippen LogP contribution in [0.25, 0.3) is 0 Å². The van der Waals surface area contributed by atoms with Crippen molar-refractivity contribution in [2.45, 2.75) is 58.1 Å². The van der Waals surface area contributed by atoms with Crippen molar-refractivity contribution >= 4 is 0 Å². The molecule has 0 rings (SSSR count). The molecular weight excluding hydrogens is 232 g/mol. The zero-order valence-electron chi connectivity index (χ0n) is 11.7. The fraction of sp³-hybridized carbons (Fsp3) is 0.846. The number of hydrogen-bond donors (Lipinski definition) is 1. The van der Waals surface area contributed by atoms with Crippen molar-refractivity contribution in [1.82, 2.24) is 0 Å². The number of ether oxygens (including phenoxy) is 1. The fourth-order valence-corrected chi connectivity index (χ4v) is 1.48. The molecule has 5 heteroatoms. The van der Waals surface area contributed by atoms with Crippen molar-refractivity contribution in [2.75, 3.05) is 13.7 Å². The molecular formula is C13H26N2O3. The molecule has 106 valence electrons. The summed E-state index contributed by atoms with van der Waals surface area (Å²) in [5, 5.41) is 24.6. The first kappa shape index (κ1) is 17.1. The lowest BCUT2D eigenvalue weighted by atomic mass is 10.1. The number of unbranched alkanes of at least 4 members (excludes halogenated alkanes) is 4. The first-order valence-corrected chi connectivity index (χ1v) is 6.62. The van der Waals surface area contributed by atoms with Crippen LogP contribution in [0.1, 0.15) is 46.0 Å². The van der Waals surface area contributed by atoms with Gasteiger partial charge in [0.05, 0.1) is 12.7 Å². The molecule has 2 atom stereocenters. The molecule has 0 aromatic heterocycles. The molecule has 0 bridgehead atoms. The molecule has 0 aliphatic carbocycles. The molecule has 5 nitrogen and oxygen atoms in total. The van der Waals surface area contributed by atoms with Crippen LogP contribution in [-0.4, -0.2) is 35.8 Å². The van der Waals surface area contributed by atoms with Gasteiger partial charge in [-0.1, -0.05) is 31.0 Å². The van der Waals surface area contributed by atoms with Gasteiger partial charge in [-0.2, -0.15) is 0 Å². The summed E-state index contributed by atoms with van der Waals surface area (Å²) < 4.78 is 4.89. The minimum atomic E-state index is -0.695. The molecule has 1 N–H and O–H groups in total. The zero-order valence-corrected chi connectivity index (χ0v) is 11.7. The van der Waals surface area contributed by atoms with E-state index in [1.165, 1.54) is 32.6 Å². The molecule has 0 aromatic rings. The number of hydrogen-bond acceptors (Lipinski definition) is 4. The maximum atomic E-state index is 11.4. The van der Waals surface area contributed by atoms with E-state index in [9.17, 15) is 10.3 Å². The first-order chi connectivity index (χ1) is 8.61. The lowest BCUT2D eigenvalue weighted by Crippen LogP contribution is -2.27. The van der Waals surface area contributed by atoms with Gasteiger partial charge >= 0.3 is 0 Å². The third-order valence-electron chi connectivity index (χ3n) is 2.61. The number of methoxy groups -OCH3 is 1. The lowest BCUT2D eigenvalue weighted by Gasteiger charge is -2.11. The third-order valence-corrected chi connectivity index (χ3v) is 2.61. The van der Waals surface area contributed by atoms with Gasteiger partial charge in [0.1, 0.15) is 0 Å². The highest BCUT2D eigenvalue weighted by atomic mass is 16.5. The van der Waals surface area contributed by atoms with E-state index >= 15 is 0 Å². The second kappa shape index (κ2) is 11.2. The summed E-state index contributed by atoms with van der Waals surface area (Å²) >= 11 is 0. The van der Waals surface area contributed by atoms with Crippen LogP contribution in [0.15, 0.2) is 17.4 Å². The van der Waals surface area contributed by atoms with Crippen LogP contribution in [0.4, 0.5) is 0 Å². The molecule has 0 fully saturated rings. The van der Waals surface area contributed by atoms with Gasteiger partial charge in [0.25, 0.3) is 0 Å². The third kappa shape index (κ3) is 9.13. The maximum absolute atomic E-state index is 11.4. The standard InChI is InChI=1S/C13H26N2O3/c1-4-5-6-7-8-9-10-15(17)14-13(11-18-3)12(2)16/h9-10,12-13,16H,4-8,11H2,1-3H3/b10-9-,15-14-/t12-,13-/m0/s1. The number of allylic oxidation sites excluding steroid dienone is 1. The Hall–Kier alpha value is -0.940. The predicted octanol–water partition coefficient (Wildman–Crippen LogP) is 2.83. The summed E-state index contributed by atoms with van der Waals surface area (Å²) in [5.74, 6) is 0. The van der Waals surface area contributed by atoms with Crippen LogP contribution in [0.3, 0.4) is 0 Å². The van der Waals surface area contributed by atoms with E-state index in [2.05, 4.69) is 12.0 Å². The number of nitrogens with zero attached hydrogens (tertiary/aromatic N) is 2. The number of aliphatic hydroxyl groups is 1. The van der Waals surface area contributed by atoms with Crippen LogP contribution in [0.2, 0.25) is 0 Å². The summed E-state index contributed by atoms with van der Waals surface area (Å²) in [6, 6.07) is -0.516. The van der Waals surface area contributed by atoms with Crippen molar-refractivity contribution in [3.05, 3.63) is 17.5 Å². The molecule has 0 radical (unpaired) electrons. The second-order valence-corrected chi connectivity index (χ2v) is 4.42. The monoisotopic (exact) mass is 258 g/mol. The zero-order chi connectivity index (χ0) is 13.8. The van der Waals surface area contributed by atoms with Crippen molar-refractivity contribution in [3.8, 4) is 0 Å². The van der Waals surface area contributed by atoms with E-state index < -0.39 is 12.1 Å². The van der Waals surface area contributed by atoms with Crippen LogP contribution in [-0.2, 0) is 4.74 Å². The van der Waals surface area contributed by atoms with Crippen LogP contribution < -0.4 is 0 Å². The van der Waals surface area contributed by atoms with Crippen molar-refractivity contribution in [3.63, 3.8) is 0 Å². The lowest BCUT2D eigenvalue weighted by molar-refractivity contribution is -0.464. The summed E-state index contributed by atoms with van der Waals surface area (Å²) in [4.78, 5) is 0.510. The average molecular weight is 258 g/mol. The highest BCUT2D eigenvalue weighted by Crippen LogP contribution is 2.04. The van der Waals surface area contributed by atoms with E-state index in [0.29, 0.717) is 4.86 Å². The predicted molar refractivity (Wildman–Crippen MR) is 71.3 cm³/mol. The Bertz CT molecular complexity index is 253. The van der Waals surface area contributed by atoms with Crippen molar-refractivity contribution in [2.24, 2.45) is 5.11 Å². The van der Waals surface area contributed by atoms with E-state index in [4.69, 9.17) is 4.74 Å². The summed E-state index contributed by atoms with van der Waals surface area (Å²) in [7, 11) is 1.52. The molecule has 0 spiro atoms. The van der Waals surface area contributed by atoms with E-state index in [-0.39, 0.29) is 6.61 Å². The summed E-state index contributed by atoms with van der Waals surface area (Å²) in [6.45, 7) is 4.00. The Kier molecular flexibility index (Phi) is 10.6. The van der Waals surface area contributed by atoms with Gasteiger partial charge in [-0.25, -0.2) is 0 Å². The molecule has 0 saturated carbocycles. The fourth-order valence-electron chi connectivity index (χ4n) is 1.48. The van der Waals surface area contributed by atoms with Gasteiger partial charge < -0.3 is 15.1 Å². The van der Waals surface area contributed by atoms with Crippen LogP contribution in [0, 0.1) is 5.21 Å². The van der Waals surface area contributed by atoms with Crippen molar-refractivity contribution < 1.29 is 14.7 Å². The summed E-state index contributed by atoms with van der Waals surface area (Å²) in [5.41, 5.74) is 0. The normalized spacial score (nSPS) is 16.1. The van der Waals surface area contributed by atoms with Gasteiger partial charge in [-0.3, -0.25) is 0 Å². The Morgan fingerprint density at radius 3 is 2.67 bits per heavy atom. The number of aliphatic hydroxyl groups excluding tert-OH is 1.